The molecule has 2 N–H and O–H groups in total. The summed E-state index contributed by atoms with van der Waals surface area (Å²) in [6.45, 7) is 3.18. The average Bonchev–Trinajstić information content (AvgIpc) is 3.49. The molecule has 1 unspecified atom stereocenters. The summed E-state index contributed by atoms with van der Waals surface area (Å²) < 4.78 is 6.18. The first-order chi connectivity index (χ1) is 22.3. The Kier molecular flexibility index (Phi) is 9.86. The molecular formula is C32H33Cl2N9O3. The second-order valence-corrected chi connectivity index (χ2v) is 12.4. The molecular weight excluding hydrogens is 629 g/mol. The molecule has 0 radical (unpaired) electrons. The lowest BCUT2D eigenvalue weighted by Gasteiger charge is -2.22. The van der Waals surface area contributed by atoms with E-state index in [0.29, 0.717) is 45.6 Å². The quantitative estimate of drug-likeness (QED) is 0.197. The van der Waals surface area contributed by atoms with Gasteiger partial charge >= 0.3 is 6.09 Å². The Morgan fingerprint density at radius 1 is 1.07 bits per heavy atom. The maximum atomic E-state index is 13.4. The smallest absolute Gasteiger partial charge is 0.411 e. The summed E-state index contributed by atoms with van der Waals surface area (Å²) in [5, 5.41) is 26.6. The van der Waals surface area contributed by atoms with Gasteiger partial charge in [0.1, 0.15) is 6.33 Å². The van der Waals surface area contributed by atoms with Crippen LogP contribution in [0, 0.1) is 11.8 Å². The molecule has 4 aromatic rings. The van der Waals surface area contributed by atoms with Crippen molar-refractivity contribution in [3.8, 4) is 16.8 Å². The van der Waals surface area contributed by atoms with E-state index in [-0.39, 0.29) is 11.1 Å². The number of carbonyl (C=O) groups excluding carboxylic acids is 2. The van der Waals surface area contributed by atoms with Crippen LogP contribution in [-0.2, 0) is 9.53 Å². The molecule has 2 aliphatic rings. The number of hydrogen-bond acceptors (Lipinski definition) is 9. The molecule has 0 spiro atoms. The minimum atomic E-state index is -0.559. The molecule has 2 aromatic heterocycles. The highest BCUT2D eigenvalue weighted by Gasteiger charge is 2.31. The first-order valence-electron chi connectivity index (χ1n) is 15.1. The first kappa shape index (κ1) is 31.6. The van der Waals surface area contributed by atoms with E-state index in [9.17, 15) is 9.59 Å². The van der Waals surface area contributed by atoms with Crippen LogP contribution in [0.4, 0.5) is 10.5 Å². The van der Waals surface area contributed by atoms with Crippen LogP contribution in [-0.4, -0.2) is 74.0 Å². The SMILES string of the molecule is COC(=O)Nc1ccc(-c2cc([C@H](CC3CCN(CC4CC4)C3)NC(=O)C=Cc3cc(Cl)ccc3-n3cnnn3)nnc2Cl)cc1. The van der Waals surface area contributed by atoms with Crippen molar-refractivity contribution >= 4 is 47.0 Å². The molecule has 2 amide bonds. The number of aromatic nitrogens is 6. The van der Waals surface area contributed by atoms with Crippen LogP contribution in [0.1, 0.15) is 43.0 Å². The fraction of sp³-hybridized carbons (Fsp3) is 0.344. The zero-order valence-corrected chi connectivity index (χ0v) is 26.7. The van der Waals surface area contributed by atoms with E-state index in [2.05, 4.69) is 46.0 Å². The number of nitrogens with zero attached hydrogens (tertiary/aromatic N) is 7. The van der Waals surface area contributed by atoms with E-state index in [1.54, 1.807) is 36.4 Å². The third kappa shape index (κ3) is 8.06. The molecule has 2 atom stereocenters. The largest absolute Gasteiger partial charge is 0.453 e. The number of benzene rings is 2. The third-order valence-corrected chi connectivity index (χ3v) is 8.74. The Balaban J connectivity index is 1.24. The zero-order valence-electron chi connectivity index (χ0n) is 25.1. The summed E-state index contributed by atoms with van der Waals surface area (Å²) in [6, 6.07) is 13.9. The summed E-state index contributed by atoms with van der Waals surface area (Å²) >= 11 is 12.8. The summed E-state index contributed by atoms with van der Waals surface area (Å²) in [5.41, 5.74) is 3.99. The van der Waals surface area contributed by atoms with Gasteiger partial charge in [0.2, 0.25) is 5.91 Å². The van der Waals surface area contributed by atoms with Gasteiger partial charge in [-0.25, -0.2) is 4.79 Å². The fourth-order valence-electron chi connectivity index (χ4n) is 5.71. The highest BCUT2D eigenvalue weighted by atomic mass is 35.5. The van der Waals surface area contributed by atoms with Gasteiger partial charge in [0.25, 0.3) is 0 Å². The Labute approximate surface area is 276 Å². The Bertz CT molecular complexity index is 1710. The van der Waals surface area contributed by atoms with Gasteiger partial charge in [-0.2, -0.15) is 9.78 Å². The van der Waals surface area contributed by atoms with E-state index in [4.69, 9.17) is 23.2 Å². The van der Waals surface area contributed by atoms with Crippen molar-refractivity contribution in [3.63, 3.8) is 0 Å². The second kappa shape index (κ2) is 14.4. The Morgan fingerprint density at radius 2 is 1.89 bits per heavy atom. The van der Waals surface area contributed by atoms with Gasteiger partial charge in [-0.1, -0.05) is 35.3 Å². The van der Waals surface area contributed by atoms with Crippen molar-refractivity contribution < 1.29 is 14.3 Å². The predicted molar refractivity (Wildman–Crippen MR) is 174 cm³/mol. The molecule has 238 valence electrons. The Hall–Kier alpha value is -4.39. The van der Waals surface area contributed by atoms with Crippen molar-refractivity contribution in [3.05, 3.63) is 82.4 Å². The van der Waals surface area contributed by atoms with E-state index in [0.717, 1.165) is 37.5 Å². The van der Waals surface area contributed by atoms with Crippen molar-refractivity contribution in [2.45, 2.75) is 31.7 Å². The maximum Gasteiger partial charge on any atom is 0.411 e. The minimum Gasteiger partial charge on any atom is -0.453 e. The Morgan fingerprint density at radius 3 is 2.63 bits per heavy atom. The fourth-order valence-corrected chi connectivity index (χ4v) is 6.10. The molecule has 3 heterocycles. The average molecular weight is 663 g/mol. The van der Waals surface area contributed by atoms with Crippen LogP contribution in [0.3, 0.4) is 0 Å². The van der Waals surface area contributed by atoms with Crippen molar-refractivity contribution in [1.82, 2.24) is 40.6 Å². The normalized spacial score (nSPS) is 17.2. The molecule has 0 bridgehead atoms. The number of likely N-dealkylation sites (tertiary alicyclic amines) is 1. The highest BCUT2D eigenvalue weighted by Crippen LogP contribution is 2.35. The highest BCUT2D eigenvalue weighted by molar-refractivity contribution is 6.32. The molecule has 1 aliphatic carbocycles. The summed E-state index contributed by atoms with van der Waals surface area (Å²) in [6.07, 6.45) is 8.46. The standard InChI is InChI=1S/C32H33Cl2N9O3/c1-46-32(45)36-25-8-4-22(5-9-25)26-16-28(38-39-31(26)34)27(14-21-12-13-42(18-21)17-20-2-3-20)37-30(44)11-6-23-15-24(33)7-10-29(23)43-19-35-40-41-43/h4-11,15-16,19-21,27H,2-3,12-14,17-18H2,1H3,(H,36,45)(H,37,44)/t21?,27-/m0/s1. The van der Waals surface area contributed by atoms with Crippen LogP contribution in [0.25, 0.3) is 22.9 Å². The van der Waals surface area contributed by atoms with Crippen LogP contribution < -0.4 is 10.6 Å². The predicted octanol–water partition coefficient (Wildman–Crippen LogP) is 5.60. The van der Waals surface area contributed by atoms with Gasteiger partial charge in [-0.15, -0.1) is 10.2 Å². The number of ether oxygens (including phenoxy) is 1. The molecule has 1 saturated carbocycles. The zero-order chi connectivity index (χ0) is 32.0. The van der Waals surface area contributed by atoms with Crippen molar-refractivity contribution in [1.29, 1.82) is 0 Å². The van der Waals surface area contributed by atoms with Crippen LogP contribution in [0.15, 0.2) is 60.9 Å². The number of anilines is 1. The van der Waals surface area contributed by atoms with Crippen LogP contribution in [0.5, 0.6) is 0 Å². The third-order valence-electron chi connectivity index (χ3n) is 8.22. The van der Waals surface area contributed by atoms with Crippen LogP contribution >= 0.6 is 23.2 Å². The van der Waals surface area contributed by atoms with Gasteiger partial charge in [0.15, 0.2) is 5.15 Å². The lowest BCUT2D eigenvalue weighted by Crippen LogP contribution is -2.30. The van der Waals surface area contributed by atoms with E-state index < -0.39 is 12.1 Å². The number of tetrazole rings is 1. The number of amides is 2. The van der Waals surface area contributed by atoms with Gasteiger partial charge in [-0.05, 0) is 103 Å². The molecule has 1 saturated heterocycles. The first-order valence-corrected chi connectivity index (χ1v) is 15.8. The summed E-state index contributed by atoms with van der Waals surface area (Å²) in [4.78, 5) is 27.6. The van der Waals surface area contributed by atoms with Gasteiger partial charge < -0.3 is 15.0 Å². The second-order valence-electron chi connectivity index (χ2n) is 11.6. The van der Waals surface area contributed by atoms with Crippen LogP contribution in [0.2, 0.25) is 10.2 Å². The minimum absolute atomic E-state index is 0.231. The number of halogens is 2. The van der Waals surface area contributed by atoms with E-state index in [1.807, 2.05) is 18.2 Å². The van der Waals surface area contributed by atoms with Gasteiger partial charge in [0.05, 0.1) is 24.5 Å². The number of carbonyl (C=O) groups is 2. The maximum absolute atomic E-state index is 13.4. The number of methoxy groups -OCH3 is 1. The topological polar surface area (TPSA) is 140 Å². The molecule has 2 aromatic carbocycles. The lowest BCUT2D eigenvalue weighted by molar-refractivity contribution is -0.117. The summed E-state index contributed by atoms with van der Waals surface area (Å²) in [7, 11) is 1.31. The number of rotatable bonds is 11. The molecule has 1 aliphatic heterocycles. The van der Waals surface area contributed by atoms with Gasteiger partial charge in [0, 0.05) is 41.0 Å². The van der Waals surface area contributed by atoms with E-state index in [1.165, 1.54) is 37.0 Å². The van der Waals surface area contributed by atoms with Crippen molar-refractivity contribution in [2.24, 2.45) is 11.8 Å². The summed E-state index contributed by atoms with van der Waals surface area (Å²) in [5.74, 6) is 0.914. The molecule has 14 heteroatoms. The monoisotopic (exact) mass is 661 g/mol. The number of nitrogens with one attached hydrogen (secondary N) is 2. The molecule has 12 nitrogen and oxygen atoms in total. The number of hydrogen-bond donors (Lipinski definition) is 2. The lowest BCUT2D eigenvalue weighted by atomic mass is 9.95. The van der Waals surface area contributed by atoms with E-state index >= 15 is 0 Å². The molecule has 2 fully saturated rings. The molecule has 46 heavy (non-hydrogen) atoms. The van der Waals surface area contributed by atoms with Crippen molar-refractivity contribution in [2.75, 3.05) is 32.1 Å². The van der Waals surface area contributed by atoms with Gasteiger partial charge in [-0.3, -0.25) is 10.1 Å². The molecule has 6 rings (SSSR count).